The lowest BCUT2D eigenvalue weighted by atomic mass is 9.84. The third kappa shape index (κ3) is 9.82. The molecule has 0 radical (unpaired) electrons. The van der Waals surface area contributed by atoms with Crippen LogP contribution in [0.5, 0.6) is 0 Å². The van der Waals surface area contributed by atoms with Gasteiger partial charge in [0.25, 0.3) is 0 Å². The third-order valence-electron chi connectivity index (χ3n) is 7.36. The van der Waals surface area contributed by atoms with Crippen molar-refractivity contribution in [2.75, 3.05) is 6.54 Å². The molecule has 10 heteroatoms. The Morgan fingerprint density at radius 2 is 1.77 bits per heavy atom. The SMILES string of the molecule is O=C(C=Cc1ccccc1)N[C@@H](CC1CCCCC1)C(=O)N[C@@H](C[C@@H]1CCNC1=O)C(=O)SSCc1cccs1. The summed E-state index contributed by atoms with van der Waals surface area (Å²) in [5.74, 6) is -0.0919. The standard InChI is InChI=1S/C30H37N3O4S3/c34-27(14-13-21-8-3-1-4-9-21)32-25(18-22-10-5-2-6-11-22)29(36)33-26(19-23-15-16-31-28(23)35)30(37)40-39-20-24-12-7-17-38-24/h1,3-4,7-9,12-14,17,22-23,25-26H,2,5-6,10-11,15-16,18-20H2,(H,31,35)(H,32,34)(H,33,36)/t23-,25-,26-/m0/s1. The molecule has 3 atom stereocenters. The third-order valence-corrected chi connectivity index (χ3v) is 10.6. The Morgan fingerprint density at radius 3 is 2.48 bits per heavy atom. The summed E-state index contributed by atoms with van der Waals surface area (Å²) in [5, 5.41) is 10.5. The van der Waals surface area contributed by atoms with Gasteiger partial charge in [-0.05, 0) is 59.1 Å². The van der Waals surface area contributed by atoms with Crippen molar-refractivity contribution in [1.29, 1.82) is 0 Å². The Balaban J connectivity index is 1.43. The van der Waals surface area contributed by atoms with Gasteiger partial charge in [0.2, 0.25) is 22.8 Å². The van der Waals surface area contributed by atoms with E-state index in [2.05, 4.69) is 16.0 Å². The lowest BCUT2D eigenvalue weighted by Gasteiger charge is -2.28. The van der Waals surface area contributed by atoms with Crippen molar-refractivity contribution in [2.24, 2.45) is 11.8 Å². The molecule has 214 valence electrons. The molecule has 3 amide bonds. The van der Waals surface area contributed by atoms with Crippen LogP contribution in [0.1, 0.15) is 61.8 Å². The van der Waals surface area contributed by atoms with E-state index in [9.17, 15) is 19.2 Å². The molecule has 0 unspecified atom stereocenters. The Bertz CT molecular complexity index is 1150. The first-order valence-electron chi connectivity index (χ1n) is 14.0. The van der Waals surface area contributed by atoms with Gasteiger partial charge >= 0.3 is 0 Å². The van der Waals surface area contributed by atoms with Gasteiger partial charge in [-0.15, -0.1) is 11.3 Å². The maximum atomic E-state index is 13.6. The number of amides is 3. The van der Waals surface area contributed by atoms with Gasteiger partial charge in [0.1, 0.15) is 6.04 Å². The molecule has 1 saturated carbocycles. The highest BCUT2D eigenvalue weighted by Crippen LogP contribution is 2.31. The van der Waals surface area contributed by atoms with Gasteiger partial charge in [-0.2, -0.15) is 0 Å². The Morgan fingerprint density at radius 1 is 0.975 bits per heavy atom. The van der Waals surface area contributed by atoms with Crippen LogP contribution in [-0.2, 0) is 24.9 Å². The van der Waals surface area contributed by atoms with Gasteiger partial charge in [-0.3, -0.25) is 19.2 Å². The number of carbonyl (C=O) groups excluding carboxylic acids is 4. The quantitative estimate of drug-likeness (QED) is 0.212. The first-order chi connectivity index (χ1) is 19.5. The highest BCUT2D eigenvalue weighted by atomic mass is 33.1. The van der Waals surface area contributed by atoms with E-state index >= 15 is 0 Å². The average molecular weight is 600 g/mol. The van der Waals surface area contributed by atoms with E-state index in [4.69, 9.17) is 0 Å². The monoisotopic (exact) mass is 599 g/mol. The van der Waals surface area contributed by atoms with Crippen molar-refractivity contribution in [3.8, 4) is 0 Å². The number of rotatable bonds is 13. The van der Waals surface area contributed by atoms with Crippen molar-refractivity contribution in [2.45, 2.75) is 69.2 Å². The predicted molar refractivity (Wildman–Crippen MR) is 164 cm³/mol. The normalized spacial score (nSPS) is 19.2. The maximum Gasteiger partial charge on any atom is 0.244 e. The fourth-order valence-electron chi connectivity index (χ4n) is 5.18. The summed E-state index contributed by atoms with van der Waals surface area (Å²) in [6, 6.07) is 11.9. The van der Waals surface area contributed by atoms with Crippen molar-refractivity contribution in [3.63, 3.8) is 0 Å². The molecule has 7 nitrogen and oxygen atoms in total. The maximum absolute atomic E-state index is 13.6. The van der Waals surface area contributed by atoms with Crippen LogP contribution in [0.4, 0.5) is 0 Å². The van der Waals surface area contributed by atoms with E-state index in [0.717, 1.165) is 42.0 Å². The minimum absolute atomic E-state index is 0.0820. The molecule has 1 aliphatic heterocycles. The van der Waals surface area contributed by atoms with Crippen molar-refractivity contribution < 1.29 is 19.2 Å². The van der Waals surface area contributed by atoms with Crippen LogP contribution >= 0.6 is 32.9 Å². The average Bonchev–Trinajstić information content (AvgIpc) is 3.64. The second kappa shape index (κ2) is 16.0. The van der Waals surface area contributed by atoms with E-state index in [-0.39, 0.29) is 35.2 Å². The first-order valence-corrected chi connectivity index (χ1v) is 17.1. The van der Waals surface area contributed by atoms with Gasteiger partial charge in [0.05, 0.1) is 6.04 Å². The van der Waals surface area contributed by atoms with E-state index in [1.165, 1.54) is 28.2 Å². The highest BCUT2D eigenvalue weighted by Gasteiger charge is 2.34. The molecule has 3 N–H and O–H groups in total. The number of benzene rings is 1. The molecule has 0 bridgehead atoms. The van der Waals surface area contributed by atoms with Gasteiger partial charge in [-0.1, -0.05) is 79.3 Å². The van der Waals surface area contributed by atoms with Crippen LogP contribution in [0.15, 0.2) is 53.9 Å². The van der Waals surface area contributed by atoms with Crippen LogP contribution in [0, 0.1) is 11.8 Å². The molecule has 1 aromatic heterocycles. The smallest absolute Gasteiger partial charge is 0.244 e. The van der Waals surface area contributed by atoms with E-state index in [1.54, 1.807) is 17.4 Å². The zero-order chi connectivity index (χ0) is 28.2. The lowest BCUT2D eigenvalue weighted by molar-refractivity contribution is -0.130. The summed E-state index contributed by atoms with van der Waals surface area (Å²) in [5.41, 5.74) is 0.892. The van der Waals surface area contributed by atoms with Crippen LogP contribution in [0.25, 0.3) is 6.08 Å². The fourth-order valence-corrected chi connectivity index (χ4v) is 8.26. The number of hydrogen-bond donors (Lipinski definition) is 3. The topological polar surface area (TPSA) is 104 Å². The van der Waals surface area contributed by atoms with E-state index < -0.39 is 12.1 Å². The summed E-state index contributed by atoms with van der Waals surface area (Å²) in [6.45, 7) is 0.576. The summed E-state index contributed by atoms with van der Waals surface area (Å²) in [6.07, 6.45) is 10.1. The van der Waals surface area contributed by atoms with Crippen LogP contribution in [-0.4, -0.2) is 41.5 Å². The van der Waals surface area contributed by atoms with Gasteiger partial charge in [-0.25, -0.2) is 0 Å². The fraction of sp³-hybridized carbons (Fsp3) is 0.467. The number of hydrogen-bond acceptors (Lipinski definition) is 7. The molecule has 0 spiro atoms. The number of thiophene rings is 1. The van der Waals surface area contributed by atoms with Crippen molar-refractivity contribution >= 4 is 61.8 Å². The number of carbonyl (C=O) groups is 4. The Labute approximate surface area is 248 Å². The van der Waals surface area contributed by atoms with Gasteiger partial charge in [0, 0.05) is 29.2 Å². The summed E-state index contributed by atoms with van der Waals surface area (Å²) in [4.78, 5) is 53.3. The summed E-state index contributed by atoms with van der Waals surface area (Å²) < 4.78 is 0. The van der Waals surface area contributed by atoms with E-state index in [1.807, 2.05) is 47.8 Å². The van der Waals surface area contributed by atoms with Crippen molar-refractivity contribution in [3.05, 3.63) is 64.4 Å². The van der Waals surface area contributed by atoms with E-state index in [0.29, 0.717) is 31.1 Å². The molecule has 2 aromatic rings. The zero-order valence-corrected chi connectivity index (χ0v) is 25.0. The zero-order valence-electron chi connectivity index (χ0n) is 22.5. The molecule has 2 heterocycles. The minimum Gasteiger partial charge on any atom is -0.356 e. The first kappa shape index (κ1) is 30.4. The van der Waals surface area contributed by atoms with Crippen molar-refractivity contribution in [1.82, 2.24) is 16.0 Å². The summed E-state index contributed by atoms with van der Waals surface area (Å²) in [7, 11) is 2.55. The number of nitrogens with one attached hydrogen (secondary N) is 3. The van der Waals surface area contributed by atoms with Crippen LogP contribution < -0.4 is 16.0 Å². The minimum atomic E-state index is -0.812. The Hall–Kier alpha value is -2.56. The van der Waals surface area contributed by atoms with Crippen LogP contribution in [0.3, 0.4) is 0 Å². The second-order valence-electron chi connectivity index (χ2n) is 10.4. The second-order valence-corrected chi connectivity index (χ2v) is 13.7. The van der Waals surface area contributed by atoms with Gasteiger partial charge in [0.15, 0.2) is 0 Å². The molecule has 40 heavy (non-hydrogen) atoms. The molecular formula is C30H37N3O4S3. The molecular weight excluding hydrogens is 563 g/mol. The molecule has 1 aliphatic carbocycles. The highest BCUT2D eigenvalue weighted by molar-refractivity contribution is 8.81. The largest absolute Gasteiger partial charge is 0.356 e. The Kier molecular flexibility index (Phi) is 12.2. The predicted octanol–water partition coefficient (Wildman–Crippen LogP) is 5.34. The lowest BCUT2D eigenvalue weighted by Crippen LogP contribution is -2.52. The summed E-state index contributed by atoms with van der Waals surface area (Å²) >= 11 is 1.63. The molecule has 1 saturated heterocycles. The molecule has 4 rings (SSSR count). The van der Waals surface area contributed by atoms with Gasteiger partial charge < -0.3 is 16.0 Å². The molecule has 2 aliphatic rings. The molecule has 2 fully saturated rings. The molecule has 1 aromatic carbocycles. The van der Waals surface area contributed by atoms with Crippen LogP contribution in [0.2, 0.25) is 0 Å².